The summed E-state index contributed by atoms with van der Waals surface area (Å²) in [5.41, 5.74) is 0.627. The predicted molar refractivity (Wildman–Crippen MR) is 81.7 cm³/mol. The van der Waals surface area contributed by atoms with E-state index < -0.39 is 10.8 Å². The molecule has 0 fully saturated rings. The molecule has 0 spiro atoms. The number of thiazole rings is 1. The Kier molecular flexibility index (Phi) is 3.74. The van der Waals surface area contributed by atoms with Crippen LogP contribution in [-0.4, -0.2) is 20.6 Å². The van der Waals surface area contributed by atoms with Crippen molar-refractivity contribution in [3.05, 3.63) is 51.1 Å². The molecule has 0 aliphatic heterocycles. The Balaban J connectivity index is 2.19. The van der Waals surface area contributed by atoms with Gasteiger partial charge in [0.05, 0.1) is 27.9 Å². The van der Waals surface area contributed by atoms with Crippen molar-refractivity contribution < 1.29 is 14.2 Å². The molecule has 0 saturated carbocycles. The predicted octanol–water partition coefficient (Wildman–Crippen LogP) is 1.97. The molecule has 1 amide bonds. The highest BCUT2D eigenvalue weighted by molar-refractivity contribution is 7.16. The van der Waals surface area contributed by atoms with Crippen LogP contribution in [0, 0.1) is 22.5 Å². The number of amides is 1. The maximum absolute atomic E-state index is 12.0. The van der Waals surface area contributed by atoms with E-state index in [9.17, 15) is 14.9 Å². The maximum atomic E-state index is 12.0. The monoisotopic (exact) mass is 328 g/mol. The van der Waals surface area contributed by atoms with Gasteiger partial charge in [0.15, 0.2) is 4.80 Å². The molecule has 0 bridgehead atoms. The Bertz CT molecular complexity index is 1010. The molecular formula is C14H8N4O4S. The molecule has 3 aromatic rings. The lowest BCUT2D eigenvalue weighted by Crippen LogP contribution is -2.16. The van der Waals surface area contributed by atoms with Crippen LogP contribution in [0.2, 0.25) is 0 Å². The summed E-state index contributed by atoms with van der Waals surface area (Å²) < 4.78 is 7.01. The van der Waals surface area contributed by atoms with Gasteiger partial charge >= 0.3 is 5.91 Å². The number of rotatable bonds is 3. The normalized spacial score (nSPS) is 11.5. The Labute approximate surface area is 132 Å². The van der Waals surface area contributed by atoms with Crippen molar-refractivity contribution in [2.24, 2.45) is 4.99 Å². The molecule has 0 unspecified atom stereocenters. The SMILES string of the molecule is C#CCn1c(=NC(=O)c2ccno2)sc2cc([N+](=O)[O-])ccc21. The number of carbonyl (C=O) groups is 1. The summed E-state index contributed by atoms with van der Waals surface area (Å²) in [6, 6.07) is 5.78. The van der Waals surface area contributed by atoms with Crippen molar-refractivity contribution >= 4 is 33.1 Å². The van der Waals surface area contributed by atoms with Gasteiger partial charge < -0.3 is 9.09 Å². The minimum atomic E-state index is -0.602. The van der Waals surface area contributed by atoms with Gasteiger partial charge in [0, 0.05) is 18.2 Å². The Hall–Kier alpha value is -3.25. The highest BCUT2D eigenvalue weighted by atomic mass is 32.1. The second-order valence-electron chi connectivity index (χ2n) is 4.38. The summed E-state index contributed by atoms with van der Waals surface area (Å²) in [5, 5.41) is 14.3. The van der Waals surface area contributed by atoms with Crippen LogP contribution in [-0.2, 0) is 6.54 Å². The fourth-order valence-electron chi connectivity index (χ4n) is 1.97. The minimum absolute atomic E-state index is 0.000643. The molecule has 0 atom stereocenters. The van der Waals surface area contributed by atoms with Crippen LogP contribution in [0.4, 0.5) is 5.69 Å². The Morgan fingerprint density at radius 2 is 2.35 bits per heavy atom. The topological polar surface area (TPSA) is 104 Å². The summed E-state index contributed by atoms with van der Waals surface area (Å²) >= 11 is 1.13. The first kappa shape index (κ1) is 14.7. The van der Waals surface area contributed by atoms with Crippen molar-refractivity contribution in [3.8, 4) is 12.3 Å². The highest BCUT2D eigenvalue weighted by Crippen LogP contribution is 2.23. The molecule has 0 aliphatic rings. The molecule has 0 saturated heterocycles. The van der Waals surface area contributed by atoms with E-state index in [-0.39, 0.29) is 18.0 Å². The lowest BCUT2D eigenvalue weighted by molar-refractivity contribution is -0.384. The molecule has 9 heteroatoms. The number of nitro groups is 1. The third-order valence-corrected chi connectivity index (χ3v) is 4.01. The summed E-state index contributed by atoms with van der Waals surface area (Å²) in [6.07, 6.45) is 6.69. The third-order valence-electron chi connectivity index (χ3n) is 2.97. The van der Waals surface area contributed by atoms with Crippen LogP contribution in [0.5, 0.6) is 0 Å². The molecule has 3 rings (SSSR count). The van der Waals surface area contributed by atoms with Crippen molar-refractivity contribution in [2.75, 3.05) is 0 Å². The fourth-order valence-corrected chi connectivity index (χ4v) is 3.03. The molecule has 0 radical (unpaired) electrons. The van der Waals surface area contributed by atoms with Gasteiger partial charge in [-0.2, -0.15) is 4.99 Å². The zero-order chi connectivity index (χ0) is 16.4. The van der Waals surface area contributed by atoms with Crippen LogP contribution in [0.1, 0.15) is 10.6 Å². The molecule has 0 N–H and O–H groups in total. The van der Waals surface area contributed by atoms with E-state index in [1.165, 1.54) is 24.4 Å². The van der Waals surface area contributed by atoms with E-state index in [0.29, 0.717) is 15.0 Å². The van der Waals surface area contributed by atoms with Crippen LogP contribution in [0.25, 0.3) is 10.2 Å². The first-order valence-electron chi connectivity index (χ1n) is 6.31. The molecule has 114 valence electrons. The molecular weight excluding hydrogens is 320 g/mol. The number of aromatic nitrogens is 2. The lowest BCUT2D eigenvalue weighted by Gasteiger charge is -1.99. The summed E-state index contributed by atoms with van der Waals surface area (Å²) in [4.78, 5) is 26.7. The largest absolute Gasteiger partial charge is 0.351 e. The van der Waals surface area contributed by atoms with Crippen LogP contribution < -0.4 is 4.80 Å². The zero-order valence-electron chi connectivity index (χ0n) is 11.5. The summed E-state index contributed by atoms with van der Waals surface area (Å²) in [7, 11) is 0. The number of terminal acetylenes is 1. The van der Waals surface area contributed by atoms with Gasteiger partial charge in [0.2, 0.25) is 5.76 Å². The van der Waals surface area contributed by atoms with Crippen molar-refractivity contribution in [2.45, 2.75) is 6.54 Å². The van der Waals surface area contributed by atoms with Gasteiger partial charge in [-0.15, -0.1) is 6.42 Å². The molecule has 8 nitrogen and oxygen atoms in total. The average molecular weight is 328 g/mol. The van der Waals surface area contributed by atoms with Gasteiger partial charge in [-0.05, 0) is 6.07 Å². The van der Waals surface area contributed by atoms with E-state index in [0.717, 1.165) is 11.3 Å². The number of non-ortho nitro benzene ring substituents is 1. The van der Waals surface area contributed by atoms with E-state index in [4.69, 9.17) is 10.9 Å². The van der Waals surface area contributed by atoms with Crippen LogP contribution in [0.15, 0.2) is 40.0 Å². The van der Waals surface area contributed by atoms with Crippen molar-refractivity contribution in [3.63, 3.8) is 0 Å². The number of hydrogen-bond acceptors (Lipinski definition) is 6. The standard InChI is InChI=1S/C14H8N4O4S/c1-2-7-17-10-4-3-9(18(20)21)8-12(10)23-14(17)16-13(19)11-5-6-15-22-11/h1,3-6,8H,7H2. The lowest BCUT2D eigenvalue weighted by atomic mass is 10.3. The van der Waals surface area contributed by atoms with Crippen LogP contribution >= 0.6 is 11.3 Å². The Morgan fingerprint density at radius 3 is 3.00 bits per heavy atom. The molecule has 1 aromatic carbocycles. The van der Waals surface area contributed by atoms with E-state index in [1.54, 1.807) is 10.6 Å². The number of fused-ring (bicyclic) bond motifs is 1. The fraction of sp³-hybridized carbons (Fsp3) is 0.0714. The minimum Gasteiger partial charge on any atom is -0.351 e. The van der Waals surface area contributed by atoms with Crippen molar-refractivity contribution in [1.29, 1.82) is 0 Å². The third kappa shape index (κ3) is 2.75. The van der Waals surface area contributed by atoms with E-state index >= 15 is 0 Å². The van der Waals surface area contributed by atoms with E-state index in [1.807, 2.05) is 0 Å². The number of carbonyl (C=O) groups excluding carboxylic acids is 1. The number of nitrogens with zero attached hydrogens (tertiary/aromatic N) is 4. The summed E-state index contributed by atoms with van der Waals surface area (Å²) in [5.74, 6) is 1.87. The molecule has 0 aliphatic carbocycles. The number of hydrogen-bond donors (Lipinski definition) is 0. The van der Waals surface area contributed by atoms with Crippen LogP contribution in [0.3, 0.4) is 0 Å². The van der Waals surface area contributed by atoms with Gasteiger partial charge in [0.1, 0.15) is 0 Å². The quantitative estimate of drug-likeness (QED) is 0.415. The zero-order valence-corrected chi connectivity index (χ0v) is 12.3. The smallest absolute Gasteiger partial charge is 0.318 e. The first-order chi connectivity index (χ1) is 11.1. The number of nitro benzene ring substituents is 1. The summed E-state index contributed by atoms with van der Waals surface area (Å²) in [6.45, 7) is 0.181. The Morgan fingerprint density at radius 1 is 1.52 bits per heavy atom. The molecule has 2 aromatic heterocycles. The highest BCUT2D eigenvalue weighted by Gasteiger charge is 2.14. The second kappa shape index (κ2) is 5.86. The van der Waals surface area contributed by atoms with Gasteiger partial charge in [0.25, 0.3) is 5.69 Å². The van der Waals surface area contributed by atoms with Gasteiger partial charge in [-0.3, -0.25) is 14.9 Å². The first-order valence-corrected chi connectivity index (χ1v) is 7.13. The number of benzene rings is 1. The van der Waals surface area contributed by atoms with Crippen molar-refractivity contribution in [1.82, 2.24) is 9.72 Å². The maximum Gasteiger partial charge on any atom is 0.318 e. The van der Waals surface area contributed by atoms with Gasteiger partial charge in [-0.1, -0.05) is 22.4 Å². The second-order valence-corrected chi connectivity index (χ2v) is 5.39. The van der Waals surface area contributed by atoms with E-state index in [2.05, 4.69) is 16.1 Å². The van der Waals surface area contributed by atoms with Gasteiger partial charge in [-0.25, -0.2) is 0 Å². The average Bonchev–Trinajstić information content (AvgIpc) is 3.16. The molecule has 23 heavy (non-hydrogen) atoms. The molecule has 2 heterocycles.